The first-order valence-electron chi connectivity index (χ1n) is 5.36. The number of aliphatic carboxylic acids is 1. The van der Waals surface area contributed by atoms with Crippen LogP contribution in [-0.4, -0.2) is 54.4 Å². The van der Waals surface area contributed by atoms with Crippen molar-refractivity contribution in [2.75, 3.05) is 20.3 Å². The standard InChI is InChI=1S/C10H18N2O4/c1-7(9(13)14)12(2)10(15)11-8-3-5-16-6-4-8/h7-8H,3-6H2,1-2H3,(H,11,15)(H,13,14). The van der Waals surface area contributed by atoms with Crippen LogP contribution < -0.4 is 5.32 Å². The van der Waals surface area contributed by atoms with Gasteiger partial charge in [-0.2, -0.15) is 0 Å². The minimum atomic E-state index is -1.01. The summed E-state index contributed by atoms with van der Waals surface area (Å²) >= 11 is 0. The van der Waals surface area contributed by atoms with Gasteiger partial charge in [0.2, 0.25) is 0 Å². The van der Waals surface area contributed by atoms with E-state index in [1.54, 1.807) is 0 Å². The molecular formula is C10H18N2O4. The number of hydrogen-bond donors (Lipinski definition) is 2. The third-order valence-electron chi connectivity index (χ3n) is 2.81. The molecule has 0 spiro atoms. The van der Waals surface area contributed by atoms with Gasteiger partial charge in [-0.1, -0.05) is 0 Å². The van der Waals surface area contributed by atoms with E-state index in [2.05, 4.69) is 5.32 Å². The topological polar surface area (TPSA) is 78.9 Å². The van der Waals surface area contributed by atoms with Crippen molar-refractivity contribution in [3.8, 4) is 0 Å². The molecule has 1 aliphatic heterocycles. The molecule has 1 rings (SSSR count). The summed E-state index contributed by atoms with van der Waals surface area (Å²) in [6.07, 6.45) is 1.56. The van der Waals surface area contributed by atoms with Gasteiger partial charge < -0.3 is 20.1 Å². The molecule has 0 bridgehead atoms. The monoisotopic (exact) mass is 230 g/mol. The van der Waals surface area contributed by atoms with Crippen LogP contribution in [0.3, 0.4) is 0 Å². The summed E-state index contributed by atoms with van der Waals surface area (Å²) in [7, 11) is 1.48. The van der Waals surface area contributed by atoms with Crippen molar-refractivity contribution in [2.24, 2.45) is 0 Å². The van der Waals surface area contributed by atoms with Crippen molar-refractivity contribution in [2.45, 2.75) is 31.8 Å². The van der Waals surface area contributed by atoms with Crippen molar-refractivity contribution in [1.82, 2.24) is 10.2 Å². The average Bonchev–Trinajstić information content (AvgIpc) is 2.28. The van der Waals surface area contributed by atoms with Crippen molar-refractivity contribution in [3.05, 3.63) is 0 Å². The van der Waals surface area contributed by atoms with Crippen LogP contribution in [0.25, 0.3) is 0 Å². The van der Waals surface area contributed by atoms with Crippen LogP contribution in [0.2, 0.25) is 0 Å². The summed E-state index contributed by atoms with van der Waals surface area (Å²) in [5, 5.41) is 11.6. The molecule has 0 saturated carbocycles. The van der Waals surface area contributed by atoms with E-state index in [9.17, 15) is 9.59 Å². The maximum Gasteiger partial charge on any atom is 0.326 e. The summed E-state index contributed by atoms with van der Waals surface area (Å²) in [4.78, 5) is 23.6. The second-order valence-electron chi connectivity index (χ2n) is 3.96. The predicted octanol–water partition coefficient (Wildman–Crippen LogP) is 0.280. The van der Waals surface area contributed by atoms with Gasteiger partial charge in [-0.05, 0) is 19.8 Å². The van der Waals surface area contributed by atoms with Crippen LogP contribution in [0.4, 0.5) is 4.79 Å². The van der Waals surface area contributed by atoms with Crippen LogP contribution in [-0.2, 0) is 9.53 Å². The highest BCUT2D eigenvalue weighted by atomic mass is 16.5. The molecule has 1 aliphatic rings. The number of rotatable bonds is 3. The maximum atomic E-state index is 11.7. The Morgan fingerprint density at radius 1 is 1.44 bits per heavy atom. The highest BCUT2D eigenvalue weighted by Crippen LogP contribution is 2.07. The van der Waals surface area contributed by atoms with Crippen LogP contribution >= 0.6 is 0 Å². The minimum Gasteiger partial charge on any atom is -0.480 e. The molecule has 6 heteroatoms. The number of amides is 2. The lowest BCUT2D eigenvalue weighted by Crippen LogP contribution is -2.50. The molecule has 0 aromatic heterocycles. The predicted molar refractivity (Wildman–Crippen MR) is 57.2 cm³/mol. The Balaban J connectivity index is 2.41. The summed E-state index contributed by atoms with van der Waals surface area (Å²) in [5.41, 5.74) is 0. The number of likely N-dealkylation sites (N-methyl/N-ethyl adjacent to an activating group) is 1. The van der Waals surface area contributed by atoms with Crippen molar-refractivity contribution in [3.63, 3.8) is 0 Å². The molecule has 2 amide bonds. The van der Waals surface area contributed by atoms with Gasteiger partial charge in [-0.3, -0.25) is 0 Å². The molecule has 16 heavy (non-hydrogen) atoms. The number of carboxylic acid groups (broad SMARTS) is 1. The van der Waals surface area contributed by atoms with Crippen LogP contribution in [0, 0.1) is 0 Å². The average molecular weight is 230 g/mol. The summed E-state index contributed by atoms with van der Waals surface area (Å²) < 4.78 is 5.17. The van der Waals surface area contributed by atoms with E-state index < -0.39 is 12.0 Å². The summed E-state index contributed by atoms with van der Waals surface area (Å²) in [6.45, 7) is 2.76. The first-order chi connectivity index (χ1) is 7.52. The Kier molecular flexibility index (Phi) is 4.54. The summed E-state index contributed by atoms with van der Waals surface area (Å²) in [6, 6.07) is -1.08. The van der Waals surface area contributed by atoms with E-state index in [1.807, 2.05) is 0 Å². The molecule has 0 aromatic carbocycles. The lowest BCUT2D eigenvalue weighted by molar-refractivity contribution is -0.141. The third kappa shape index (κ3) is 3.37. The minimum absolute atomic E-state index is 0.0877. The number of nitrogens with zero attached hydrogens (tertiary/aromatic N) is 1. The zero-order chi connectivity index (χ0) is 12.1. The zero-order valence-corrected chi connectivity index (χ0v) is 9.60. The molecule has 0 radical (unpaired) electrons. The molecule has 1 saturated heterocycles. The second kappa shape index (κ2) is 5.69. The van der Waals surface area contributed by atoms with E-state index in [-0.39, 0.29) is 12.1 Å². The van der Waals surface area contributed by atoms with E-state index in [1.165, 1.54) is 18.9 Å². The smallest absolute Gasteiger partial charge is 0.326 e. The Morgan fingerprint density at radius 2 is 2.00 bits per heavy atom. The number of carbonyl (C=O) groups is 2. The molecule has 6 nitrogen and oxygen atoms in total. The maximum absolute atomic E-state index is 11.7. The van der Waals surface area contributed by atoms with Gasteiger partial charge >= 0.3 is 12.0 Å². The molecule has 1 unspecified atom stereocenters. The van der Waals surface area contributed by atoms with Gasteiger partial charge in [0, 0.05) is 26.3 Å². The Bertz CT molecular complexity index is 264. The molecule has 2 N–H and O–H groups in total. The number of ether oxygens (including phenoxy) is 1. The van der Waals surface area contributed by atoms with Gasteiger partial charge in [0.05, 0.1) is 0 Å². The molecule has 0 aliphatic carbocycles. The molecular weight excluding hydrogens is 212 g/mol. The van der Waals surface area contributed by atoms with Crippen molar-refractivity contribution >= 4 is 12.0 Å². The summed E-state index contributed by atoms with van der Waals surface area (Å²) in [5.74, 6) is -1.01. The number of nitrogens with one attached hydrogen (secondary N) is 1. The fourth-order valence-electron chi connectivity index (χ4n) is 1.46. The highest BCUT2D eigenvalue weighted by Gasteiger charge is 2.24. The fraction of sp³-hybridized carbons (Fsp3) is 0.800. The first-order valence-corrected chi connectivity index (χ1v) is 5.36. The molecule has 0 aromatic rings. The van der Waals surface area contributed by atoms with Gasteiger partial charge in [0.1, 0.15) is 6.04 Å². The van der Waals surface area contributed by atoms with Gasteiger partial charge in [0.25, 0.3) is 0 Å². The van der Waals surface area contributed by atoms with Crippen LogP contribution in [0.1, 0.15) is 19.8 Å². The molecule has 1 atom stereocenters. The molecule has 92 valence electrons. The highest BCUT2D eigenvalue weighted by molar-refractivity contribution is 5.82. The van der Waals surface area contributed by atoms with E-state index in [0.717, 1.165) is 12.8 Å². The van der Waals surface area contributed by atoms with Crippen molar-refractivity contribution in [1.29, 1.82) is 0 Å². The third-order valence-corrected chi connectivity index (χ3v) is 2.81. The fourth-order valence-corrected chi connectivity index (χ4v) is 1.46. The van der Waals surface area contributed by atoms with E-state index >= 15 is 0 Å². The SMILES string of the molecule is CC(C(=O)O)N(C)C(=O)NC1CCOCC1. The quantitative estimate of drug-likeness (QED) is 0.730. The van der Waals surface area contributed by atoms with Crippen LogP contribution in [0.5, 0.6) is 0 Å². The first kappa shape index (κ1) is 12.8. The van der Waals surface area contributed by atoms with Gasteiger partial charge in [0.15, 0.2) is 0 Å². The number of hydrogen-bond acceptors (Lipinski definition) is 3. The Labute approximate surface area is 94.6 Å². The second-order valence-corrected chi connectivity index (χ2v) is 3.96. The van der Waals surface area contributed by atoms with Gasteiger partial charge in [-0.25, -0.2) is 9.59 Å². The zero-order valence-electron chi connectivity index (χ0n) is 9.60. The molecule has 1 heterocycles. The van der Waals surface area contributed by atoms with Crippen LogP contribution in [0.15, 0.2) is 0 Å². The number of carboxylic acids is 1. The normalized spacial score (nSPS) is 18.9. The molecule has 1 fully saturated rings. The lowest BCUT2D eigenvalue weighted by Gasteiger charge is -2.27. The van der Waals surface area contributed by atoms with Crippen molar-refractivity contribution < 1.29 is 19.4 Å². The Hall–Kier alpha value is -1.30. The lowest BCUT2D eigenvalue weighted by atomic mass is 10.1. The van der Waals surface area contributed by atoms with E-state index in [0.29, 0.717) is 13.2 Å². The van der Waals surface area contributed by atoms with E-state index in [4.69, 9.17) is 9.84 Å². The van der Waals surface area contributed by atoms with Gasteiger partial charge in [-0.15, -0.1) is 0 Å². The number of carbonyl (C=O) groups excluding carboxylic acids is 1. The Morgan fingerprint density at radius 3 is 2.50 bits per heavy atom. The number of urea groups is 1. The largest absolute Gasteiger partial charge is 0.480 e.